The summed E-state index contributed by atoms with van der Waals surface area (Å²) in [4.78, 5) is 14.9. The minimum atomic E-state index is -0.249. The number of benzene rings is 1. The summed E-state index contributed by atoms with van der Waals surface area (Å²) in [7, 11) is 2.12. The molecule has 1 aliphatic heterocycles. The molecule has 1 aliphatic rings. The molecule has 0 N–H and O–H groups in total. The first-order valence-electron chi connectivity index (χ1n) is 6.30. The maximum absolute atomic E-state index is 10.5. The SMILES string of the molecule is CN1CCN(c2ccccc2CC[N+](=O)[O-])CC1. The first-order valence-corrected chi connectivity index (χ1v) is 6.30. The van der Waals surface area contributed by atoms with Crippen LogP contribution in [0.15, 0.2) is 24.3 Å². The van der Waals surface area contributed by atoms with Gasteiger partial charge in [-0.3, -0.25) is 10.1 Å². The first-order chi connectivity index (χ1) is 8.66. The highest BCUT2D eigenvalue weighted by Gasteiger charge is 2.17. The van der Waals surface area contributed by atoms with E-state index in [2.05, 4.69) is 22.9 Å². The number of piperazine rings is 1. The molecule has 0 aliphatic carbocycles. The molecule has 1 heterocycles. The van der Waals surface area contributed by atoms with Gasteiger partial charge in [0.15, 0.2) is 0 Å². The van der Waals surface area contributed by atoms with Gasteiger partial charge in [-0.25, -0.2) is 0 Å². The van der Waals surface area contributed by atoms with E-state index >= 15 is 0 Å². The van der Waals surface area contributed by atoms with E-state index in [0.29, 0.717) is 6.42 Å². The molecule has 0 amide bonds. The summed E-state index contributed by atoms with van der Waals surface area (Å²) in [5.41, 5.74) is 2.24. The Morgan fingerprint density at radius 3 is 2.56 bits per heavy atom. The maximum Gasteiger partial charge on any atom is 0.207 e. The van der Waals surface area contributed by atoms with Crippen molar-refractivity contribution in [1.82, 2.24) is 4.90 Å². The van der Waals surface area contributed by atoms with Crippen LogP contribution in [0.2, 0.25) is 0 Å². The largest absolute Gasteiger partial charge is 0.369 e. The zero-order valence-corrected chi connectivity index (χ0v) is 10.7. The molecule has 0 radical (unpaired) electrons. The Hall–Kier alpha value is -1.62. The Morgan fingerprint density at radius 1 is 1.22 bits per heavy atom. The van der Waals surface area contributed by atoms with Crippen molar-refractivity contribution >= 4 is 5.69 Å². The summed E-state index contributed by atoms with van der Waals surface area (Å²) in [6, 6.07) is 8.02. The zero-order valence-electron chi connectivity index (χ0n) is 10.7. The van der Waals surface area contributed by atoms with Gasteiger partial charge >= 0.3 is 0 Å². The van der Waals surface area contributed by atoms with E-state index in [9.17, 15) is 10.1 Å². The smallest absolute Gasteiger partial charge is 0.207 e. The van der Waals surface area contributed by atoms with Crippen LogP contribution < -0.4 is 4.90 Å². The molecule has 1 saturated heterocycles. The average molecular weight is 249 g/mol. The van der Waals surface area contributed by atoms with Crippen molar-refractivity contribution in [3.8, 4) is 0 Å². The van der Waals surface area contributed by atoms with Gasteiger partial charge in [0.25, 0.3) is 0 Å². The maximum atomic E-state index is 10.5. The standard InChI is InChI=1S/C13H19N3O2/c1-14-8-10-15(11-9-14)13-5-3-2-4-12(13)6-7-16(17)18/h2-5H,6-11H2,1H3. The molecule has 1 aromatic carbocycles. The van der Waals surface area contributed by atoms with Gasteiger partial charge in [0, 0.05) is 43.2 Å². The molecule has 2 rings (SSSR count). The summed E-state index contributed by atoms with van der Waals surface area (Å²) in [5, 5.41) is 10.5. The summed E-state index contributed by atoms with van der Waals surface area (Å²) in [6.07, 6.45) is 0.509. The molecule has 1 fully saturated rings. The second-order valence-electron chi connectivity index (χ2n) is 4.73. The number of hydrogen-bond acceptors (Lipinski definition) is 4. The predicted octanol–water partition coefficient (Wildman–Crippen LogP) is 1.26. The molecule has 5 heteroatoms. The van der Waals surface area contributed by atoms with Gasteiger partial charge in [-0.1, -0.05) is 18.2 Å². The highest BCUT2D eigenvalue weighted by atomic mass is 16.6. The minimum absolute atomic E-state index is 0.00472. The summed E-state index contributed by atoms with van der Waals surface area (Å²) >= 11 is 0. The van der Waals surface area contributed by atoms with Crippen molar-refractivity contribution in [2.75, 3.05) is 44.7 Å². The molecule has 0 aromatic heterocycles. The van der Waals surface area contributed by atoms with Crippen LogP contribution in [0, 0.1) is 10.1 Å². The Balaban J connectivity index is 2.09. The van der Waals surface area contributed by atoms with Crippen LogP contribution in [0.5, 0.6) is 0 Å². The molecular formula is C13H19N3O2. The van der Waals surface area contributed by atoms with Gasteiger partial charge in [0.05, 0.1) is 0 Å². The highest BCUT2D eigenvalue weighted by Crippen LogP contribution is 2.22. The number of rotatable bonds is 4. The van der Waals surface area contributed by atoms with Crippen molar-refractivity contribution in [3.05, 3.63) is 39.9 Å². The lowest BCUT2D eigenvalue weighted by molar-refractivity contribution is -0.479. The third kappa shape index (κ3) is 3.20. The van der Waals surface area contributed by atoms with E-state index in [4.69, 9.17) is 0 Å². The fraction of sp³-hybridized carbons (Fsp3) is 0.538. The monoisotopic (exact) mass is 249 g/mol. The van der Waals surface area contributed by atoms with E-state index in [1.807, 2.05) is 18.2 Å². The van der Waals surface area contributed by atoms with Crippen molar-refractivity contribution < 1.29 is 4.92 Å². The van der Waals surface area contributed by atoms with E-state index < -0.39 is 0 Å². The Kier molecular flexibility index (Phi) is 4.15. The van der Waals surface area contributed by atoms with E-state index in [1.165, 1.54) is 0 Å². The van der Waals surface area contributed by atoms with Crippen LogP contribution in [0.4, 0.5) is 5.69 Å². The lowest BCUT2D eigenvalue weighted by Gasteiger charge is -2.35. The van der Waals surface area contributed by atoms with Crippen LogP contribution in [0.1, 0.15) is 5.56 Å². The molecule has 18 heavy (non-hydrogen) atoms. The number of nitro groups is 1. The Labute approximate surface area is 107 Å². The normalized spacial score (nSPS) is 16.8. The average Bonchev–Trinajstić information content (AvgIpc) is 2.38. The fourth-order valence-corrected chi connectivity index (χ4v) is 2.29. The lowest BCUT2D eigenvalue weighted by Crippen LogP contribution is -2.44. The number of para-hydroxylation sites is 1. The quantitative estimate of drug-likeness (QED) is 0.595. The van der Waals surface area contributed by atoms with Crippen LogP contribution in [0.25, 0.3) is 0 Å². The Bertz CT molecular complexity index is 414. The molecule has 0 atom stereocenters. The van der Waals surface area contributed by atoms with Crippen molar-refractivity contribution in [3.63, 3.8) is 0 Å². The second kappa shape index (κ2) is 5.82. The zero-order chi connectivity index (χ0) is 13.0. The van der Waals surface area contributed by atoms with Crippen molar-refractivity contribution in [1.29, 1.82) is 0 Å². The topological polar surface area (TPSA) is 49.6 Å². The first kappa shape index (κ1) is 12.8. The van der Waals surface area contributed by atoms with Crippen molar-refractivity contribution in [2.24, 2.45) is 0 Å². The number of likely N-dealkylation sites (N-methyl/N-ethyl adjacent to an activating group) is 1. The van der Waals surface area contributed by atoms with Gasteiger partial charge in [0.1, 0.15) is 0 Å². The van der Waals surface area contributed by atoms with Crippen molar-refractivity contribution in [2.45, 2.75) is 6.42 Å². The van der Waals surface area contributed by atoms with Crippen LogP contribution in [-0.4, -0.2) is 49.6 Å². The van der Waals surface area contributed by atoms with Crippen LogP contribution >= 0.6 is 0 Å². The molecule has 98 valence electrons. The van der Waals surface area contributed by atoms with Crippen LogP contribution in [0.3, 0.4) is 0 Å². The van der Waals surface area contributed by atoms with Crippen LogP contribution in [-0.2, 0) is 6.42 Å². The van der Waals surface area contributed by atoms with Gasteiger partial charge in [0.2, 0.25) is 6.54 Å². The molecule has 0 spiro atoms. The summed E-state index contributed by atoms with van der Waals surface area (Å²) < 4.78 is 0. The van der Waals surface area contributed by atoms with Gasteiger partial charge in [-0.05, 0) is 18.7 Å². The minimum Gasteiger partial charge on any atom is -0.369 e. The molecule has 1 aromatic rings. The molecule has 0 saturated carbocycles. The molecule has 0 bridgehead atoms. The number of hydrogen-bond donors (Lipinski definition) is 0. The summed E-state index contributed by atoms with van der Waals surface area (Å²) in [6.45, 7) is 4.08. The fourth-order valence-electron chi connectivity index (χ4n) is 2.29. The van der Waals surface area contributed by atoms with Gasteiger partial charge in [-0.2, -0.15) is 0 Å². The molecular weight excluding hydrogens is 230 g/mol. The molecule has 5 nitrogen and oxygen atoms in total. The third-order valence-corrected chi connectivity index (χ3v) is 3.40. The van der Waals surface area contributed by atoms with Gasteiger partial charge in [-0.15, -0.1) is 0 Å². The van der Waals surface area contributed by atoms with E-state index in [1.54, 1.807) is 0 Å². The molecule has 0 unspecified atom stereocenters. The summed E-state index contributed by atoms with van der Waals surface area (Å²) in [5.74, 6) is 0. The lowest BCUT2D eigenvalue weighted by atomic mass is 10.1. The van der Waals surface area contributed by atoms with Gasteiger partial charge < -0.3 is 9.80 Å². The number of nitrogens with zero attached hydrogens (tertiary/aromatic N) is 3. The third-order valence-electron chi connectivity index (χ3n) is 3.40. The number of anilines is 1. The predicted molar refractivity (Wildman–Crippen MR) is 71.7 cm³/mol. The Morgan fingerprint density at radius 2 is 1.89 bits per heavy atom. The van der Waals surface area contributed by atoms with E-state index in [0.717, 1.165) is 37.4 Å². The van der Waals surface area contributed by atoms with E-state index in [-0.39, 0.29) is 11.5 Å². The second-order valence-corrected chi connectivity index (χ2v) is 4.73. The highest BCUT2D eigenvalue weighted by molar-refractivity contribution is 5.54.